The van der Waals surface area contributed by atoms with E-state index in [1.807, 2.05) is 11.3 Å². The molecule has 2 N–H and O–H groups in total. The molecule has 0 spiro atoms. The zero-order valence-electron chi connectivity index (χ0n) is 10.7. The Kier molecular flexibility index (Phi) is 3.52. The largest absolute Gasteiger partial charge is 0.329 e. The van der Waals surface area contributed by atoms with Crippen molar-refractivity contribution in [2.45, 2.75) is 25.9 Å². The minimum Gasteiger partial charge on any atom is -0.329 e. The van der Waals surface area contributed by atoms with Gasteiger partial charge < -0.3 is 5.73 Å². The van der Waals surface area contributed by atoms with E-state index >= 15 is 0 Å². The summed E-state index contributed by atoms with van der Waals surface area (Å²) in [5.41, 5.74) is 7.25. The number of benzene rings is 1. The van der Waals surface area contributed by atoms with Crippen molar-refractivity contribution in [3.63, 3.8) is 0 Å². The van der Waals surface area contributed by atoms with Crippen LogP contribution in [0.5, 0.6) is 0 Å². The maximum absolute atomic E-state index is 5.81. The predicted molar refractivity (Wildman–Crippen MR) is 76.4 cm³/mol. The van der Waals surface area contributed by atoms with Crippen LogP contribution in [-0.4, -0.2) is 24.0 Å². The van der Waals surface area contributed by atoms with Crippen LogP contribution in [0.1, 0.15) is 19.4 Å². The molecule has 0 saturated heterocycles. The lowest BCUT2D eigenvalue weighted by Gasteiger charge is -2.34. The zero-order chi connectivity index (χ0) is 12.5. The van der Waals surface area contributed by atoms with Gasteiger partial charge in [-0.15, -0.1) is 11.3 Å². The minimum atomic E-state index is 0.0447. The lowest BCUT2D eigenvalue weighted by Crippen LogP contribution is -2.46. The van der Waals surface area contributed by atoms with Crippen molar-refractivity contribution in [1.82, 2.24) is 4.90 Å². The summed E-state index contributed by atoms with van der Waals surface area (Å²) < 4.78 is 1.36. The maximum atomic E-state index is 5.81. The number of nitrogens with two attached hydrogens (primary N) is 1. The van der Waals surface area contributed by atoms with Gasteiger partial charge in [0.15, 0.2) is 0 Å². The van der Waals surface area contributed by atoms with E-state index in [1.165, 1.54) is 15.6 Å². The molecule has 3 heteroatoms. The average molecular weight is 248 g/mol. The Hall–Kier alpha value is -0.900. The van der Waals surface area contributed by atoms with Crippen molar-refractivity contribution < 1.29 is 0 Å². The molecule has 0 radical (unpaired) electrons. The molecule has 0 aliphatic rings. The summed E-state index contributed by atoms with van der Waals surface area (Å²) in [4.78, 5) is 2.32. The van der Waals surface area contributed by atoms with E-state index in [0.29, 0.717) is 6.54 Å². The molecule has 1 heterocycles. The maximum Gasteiger partial charge on any atom is 0.0346 e. The molecule has 0 aliphatic heterocycles. The van der Waals surface area contributed by atoms with Crippen LogP contribution in [0.3, 0.4) is 0 Å². The van der Waals surface area contributed by atoms with Gasteiger partial charge >= 0.3 is 0 Å². The van der Waals surface area contributed by atoms with E-state index in [4.69, 9.17) is 5.73 Å². The van der Waals surface area contributed by atoms with Crippen LogP contribution in [0.2, 0.25) is 0 Å². The SMILES string of the molecule is CN(Cc1csc2ccccc12)C(C)(C)CN. The van der Waals surface area contributed by atoms with Crippen molar-refractivity contribution in [3.05, 3.63) is 35.2 Å². The van der Waals surface area contributed by atoms with Crippen LogP contribution in [-0.2, 0) is 6.54 Å². The summed E-state index contributed by atoms with van der Waals surface area (Å²) >= 11 is 1.82. The summed E-state index contributed by atoms with van der Waals surface area (Å²) in [6.07, 6.45) is 0. The fourth-order valence-electron chi connectivity index (χ4n) is 1.78. The third-order valence-electron chi connectivity index (χ3n) is 3.50. The van der Waals surface area contributed by atoms with E-state index in [9.17, 15) is 0 Å². The number of hydrogen-bond acceptors (Lipinski definition) is 3. The molecule has 2 nitrogen and oxygen atoms in total. The van der Waals surface area contributed by atoms with Gasteiger partial charge in [0, 0.05) is 23.3 Å². The summed E-state index contributed by atoms with van der Waals surface area (Å²) in [7, 11) is 2.14. The van der Waals surface area contributed by atoms with E-state index in [2.05, 4.69) is 55.4 Å². The first-order valence-electron chi connectivity index (χ1n) is 5.91. The van der Waals surface area contributed by atoms with Gasteiger partial charge in [0.1, 0.15) is 0 Å². The molecule has 0 amide bonds. The Balaban J connectivity index is 2.24. The van der Waals surface area contributed by atoms with E-state index < -0.39 is 0 Å². The van der Waals surface area contributed by atoms with Gasteiger partial charge in [-0.2, -0.15) is 0 Å². The van der Waals surface area contributed by atoms with Gasteiger partial charge in [-0.25, -0.2) is 0 Å². The molecule has 17 heavy (non-hydrogen) atoms. The normalized spacial score (nSPS) is 12.5. The van der Waals surface area contributed by atoms with Crippen LogP contribution >= 0.6 is 11.3 Å². The summed E-state index contributed by atoms with van der Waals surface area (Å²) in [6, 6.07) is 8.57. The molecule has 92 valence electrons. The van der Waals surface area contributed by atoms with Gasteiger partial charge in [-0.1, -0.05) is 18.2 Å². The van der Waals surface area contributed by atoms with Gasteiger partial charge in [-0.05, 0) is 43.3 Å². The first kappa shape index (κ1) is 12.6. The first-order chi connectivity index (χ1) is 8.04. The fourth-order valence-corrected chi connectivity index (χ4v) is 2.73. The van der Waals surface area contributed by atoms with Crippen molar-refractivity contribution >= 4 is 21.4 Å². The number of rotatable bonds is 4. The third kappa shape index (κ3) is 2.51. The predicted octanol–water partition coefficient (Wildman–Crippen LogP) is 3.07. The topological polar surface area (TPSA) is 29.3 Å². The highest BCUT2D eigenvalue weighted by molar-refractivity contribution is 7.17. The molecule has 0 aliphatic carbocycles. The second-order valence-corrected chi connectivity index (χ2v) is 6.04. The summed E-state index contributed by atoms with van der Waals surface area (Å²) in [6.45, 7) is 5.99. The monoisotopic (exact) mass is 248 g/mol. The third-order valence-corrected chi connectivity index (χ3v) is 4.51. The number of hydrogen-bond donors (Lipinski definition) is 1. The van der Waals surface area contributed by atoms with Gasteiger partial charge in [0.05, 0.1) is 0 Å². The lowest BCUT2D eigenvalue weighted by atomic mass is 10.0. The van der Waals surface area contributed by atoms with E-state index in [0.717, 1.165) is 6.54 Å². The van der Waals surface area contributed by atoms with Crippen LogP contribution < -0.4 is 5.73 Å². The molecule has 0 unspecified atom stereocenters. The Morgan fingerprint density at radius 3 is 2.71 bits per heavy atom. The van der Waals surface area contributed by atoms with Gasteiger partial charge in [0.2, 0.25) is 0 Å². The average Bonchev–Trinajstić information content (AvgIpc) is 2.73. The smallest absolute Gasteiger partial charge is 0.0346 e. The van der Waals surface area contributed by atoms with Gasteiger partial charge in [0.25, 0.3) is 0 Å². The Labute approximate surface area is 107 Å². The molecule has 1 aromatic heterocycles. The first-order valence-corrected chi connectivity index (χ1v) is 6.79. The summed E-state index contributed by atoms with van der Waals surface area (Å²) in [5, 5.41) is 3.63. The fraction of sp³-hybridized carbons (Fsp3) is 0.429. The number of likely N-dealkylation sites (N-methyl/N-ethyl adjacent to an activating group) is 1. The molecular formula is C14H20N2S. The molecule has 2 rings (SSSR count). The molecule has 0 saturated carbocycles. The van der Waals surface area contributed by atoms with Crippen LogP contribution in [0, 0.1) is 0 Å². The molecule has 2 aromatic rings. The highest BCUT2D eigenvalue weighted by atomic mass is 32.1. The Morgan fingerprint density at radius 1 is 1.29 bits per heavy atom. The van der Waals surface area contributed by atoms with Gasteiger partial charge in [-0.3, -0.25) is 4.90 Å². The highest BCUT2D eigenvalue weighted by Crippen LogP contribution is 2.27. The minimum absolute atomic E-state index is 0.0447. The number of nitrogens with zero attached hydrogens (tertiary/aromatic N) is 1. The lowest BCUT2D eigenvalue weighted by molar-refractivity contribution is 0.156. The Bertz CT molecular complexity index is 502. The molecular weight excluding hydrogens is 228 g/mol. The number of thiophene rings is 1. The second kappa shape index (κ2) is 4.77. The number of fused-ring (bicyclic) bond motifs is 1. The molecule has 0 atom stereocenters. The van der Waals surface area contributed by atoms with E-state index in [1.54, 1.807) is 0 Å². The molecule has 1 aromatic carbocycles. The quantitative estimate of drug-likeness (QED) is 0.901. The van der Waals surface area contributed by atoms with Crippen molar-refractivity contribution in [3.8, 4) is 0 Å². The van der Waals surface area contributed by atoms with Crippen LogP contribution in [0.25, 0.3) is 10.1 Å². The summed E-state index contributed by atoms with van der Waals surface area (Å²) in [5.74, 6) is 0. The Morgan fingerprint density at radius 2 is 2.00 bits per heavy atom. The standard InChI is InChI=1S/C14H20N2S/c1-14(2,10-15)16(3)8-11-9-17-13-7-5-4-6-12(11)13/h4-7,9H,8,10,15H2,1-3H3. The highest BCUT2D eigenvalue weighted by Gasteiger charge is 2.22. The van der Waals surface area contributed by atoms with Crippen molar-refractivity contribution in [2.24, 2.45) is 5.73 Å². The van der Waals surface area contributed by atoms with Crippen LogP contribution in [0.15, 0.2) is 29.6 Å². The second-order valence-electron chi connectivity index (χ2n) is 5.13. The van der Waals surface area contributed by atoms with Crippen molar-refractivity contribution in [1.29, 1.82) is 0 Å². The van der Waals surface area contributed by atoms with E-state index in [-0.39, 0.29) is 5.54 Å². The van der Waals surface area contributed by atoms with Crippen LogP contribution in [0.4, 0.5) is 0 Å². The zero-order valence-corrected chi connectivity index (χ0v) is 11.6. The van der Waals surface area contributed by atoms with Crippen molar-refractivity contribution in [2.75, 3.05) is 13.6 Å². The molecule has 0 fully saturated rings. The molecule has 0 bridgehead atoms.